The number of rotatable bonds is 6. The summed E-state index contributed by atoms with van der Waals surface area (Å²) < 4.78 is 23.6. The topological polar surface area (TPSA) is 94.6 Å². The lowest BCUT2D eigenvalue weighted by Crippen LogP contribution is -2.49. The lowest BCUT2D eigenvalue weighted by Gasteiger charge is -2.33. The summed E-state index contributed by atoms with van der Waals surface area (Å²) >= 11 is 0. The van der Waals surface area contributed by atoms with Crippen molar-refractivity contribution in [3.8, 4) is 0 Å². The van der Waals surface area contributed by atoms with E-state index in [9.17, 15) is 14.4 Å². The van der Waals surface area contributed by atoms with Gasteiger partial charge in [0.2, 0.25) is 18.1 Å². The number of benzene rings is 2. The second kappa shape index (κ2) is 9.59. The lowest BCUT2D eigenvalue weighted by atomic mass is 9.88. The van der Waals surface area contributed by atoms with Crippen LogP contribution in [0.25, 0.3) is 0 Å². The van der Waals surface area contributed by atoms with Gasteiger partial charge in [-0.15, -0.1) is 0 Å². The molecule has 4 aliphatic rings. The fourth-order valence-corrected chi connectivity index (χ4v) is 6.22. The first-order chi connectivity index (χ1) is 18.7. The maximum atomic E-state index is 14.1. The van der Waals surface area contributed by atoms with Gasteiger partial charge in [0.25, 0.3) is 0 Å². The highest BCUT2D eigenvalue weighted by atomic mass is 16.8. The number of anilines is 1. The monoisotopic (exact) mass is 532 g/mol. The minimum Gasteiger partial charge on any atom is -0.465 e. The number of ether oxygens (including phenoxy) is 4. The maximum Gasteiger partial charge on any atom is 0.324 e. The van der Waals surface area contributed by atoms with E-state index in [2.05, 4.69) is 0 Å². The molecule has 39 heavy (non-hydrogen) atoms. The molecule has 9 heteroatoms. The predicted molar refractivity (Wildman–Crippen MR) is 140 cm³/mol. The van der Waals surface area contributed by atoms with Crippen molar-refractivity contribution in [1.82, 2.24) is 4.90 Å². The van der Waals surface area contributed by atoms with Gasteiger partial charge in [0, 0.05) is 6.54 Å². The molecular formula is C30H32N2O7. The molecule has 0 aliphatic carbocycles. The summed E-state index contributed by atoms with van der Waals surface area (Å²) in [7, 11) is 0. The van der Waals surface area contributed by atoms with E-state index >= 15 is 0 Å². The van der Waals surface area contributed by atoms with Gasteiger partial charge in [0.1, 0.15) is 17.9 Å². The Morgan fingerprint density at radius 3 is 2.33 bits per heavy atom. The molecule has 6 atom stereocenters. The first-order valence-corrected chi connectivity index (χ1v) is 13.3. The molecule has 0 N–H and O–H groups in total. The molecule has 0 spiro atoms. The minimum absolute atomic E-state index is 0.153. The molecule has 4 heterocycles. The molecule has 2 unspecified atom stereocenters. The van der Waals surface area contributed by atoms with Crippen LogP contribution in [0.2, 0.25) is 0 Å². The van der Waals surface area contributed by atoms with E-state index in [0.29, 0.717) is 18.0 Å². The van der Waals surface area contributed by atoms with Crippen molar-refractivity contribution in [3.05, 3.63) is 77.6 Å². The first kappa shape index (κ1) is 25.7. The summed E-state index contributed by atoms with van der Waals surface area (Å²) in [6.45, 7) is 7.75. The van der Waals surface area contributed by atoms with Crippen LogP contribution < -0.4 is 4.90 Å². The molecule has 0 bridgehead atoms. The molecule has 3 fully saturated rings. The van der Waals surface area contributed by atoms with Gasteiger partial charge in [-0.1, -0.05) is 48.0 Å². The molecule has 4 aliphatic heterocycles. The van der Waals surface area contributed by atoms with Crippen LogP contribution in [-0.4, -0.2) is 59.6 Å². The van der Waals surface area contributed by atoms with Crippen LogP contribution in [0.5, 0.6) is 0 Å². The second-order valence-electron chi connectivity index (χ2n) is 10.9. The van der Waals surface area contributed by atoms with E-state index in [4.69, 9.17) is 18.9 Å². The Kier molecular flexibility index (Phi) is 6.32. The number of aryl methyl sites for hydroxylation is 1. The number of esters is 1. The lowest BCUT2D eigenvalue weighted by molar-refractivity contribution is -0.184. The van der Waals surface area contributed by atoms with E-state index in [1.54, 1.807) is 19.1 Å². The standard InChI is InChI=1S/C30H32N2O7/c1-5-36-28(35)25-23-22(26(33)32(27(23)34)19-13-11-17(2)12-14-19)24(31(25)16-18-9-7-6-8-10-18)20-15-21-29(37-20)39-30(3,4)38-21/h6-15,21-25,29H,5,16H2,1-4H3/t21-,22?,23?,24+,25-,29-/m1/s1. The molecular weight excluding hydrogens is 500 g/mol. The number of hydrogen-bond acceptors (Lipinski definition) is 8. The van der Waals surface area contributed by atoms with E-state index in [-0.39, 0.29) is 12.5 Å². The number of amides is 2. The van der Waals surface area contributed by atoms with E-state index < -0.39 is 54.0 Å². The smallest absolute Gasteiger partial charge is 0.324 e. The number of hydrogen-bond donors (Lipinski definition) is 0. The zero-order valence-corrected chi connectivity index (χ0v) is 22.4. The average Bonchev–Trinajstić information content (AvgIpc) is 3.57. The molecule has 2 aromatic rings. The van der Waals surface area contributed by atoms with Crippen molar-refractivity contribution in [1.29, 1.82) is 0 Å². The fraction of sp³-hybridized carbons (Fsp3) is 0.433. The van der Waals surface area contributed by atoms with Crippen LogP contribution in [0.15, 0.2) is 66.4 Å². The molecule has 2 amide bonds. The third-order valence-corrected chi connectivity index (χ3v) is 7.78. The molecule has 0 aromatic heterocycles. The van der Waals surface area contributed by atoms with Gasteiger partial charge in [-0.05, 0) is 51.5 Å². The first-order valence-electron chi connectivity index (χ1n) is 13.3. The Balaban J connectivity index is 1.44. The number of carbonyl (C=O) groups excluding carboxylic acids is 3. The molecule has 3 saturated heterocycles. The number of fused-ring (bicyclic) bond motifs is 2. The van der Waals surface area contributed by atoms with Gasteiger partial charge in [-0.2, -0.15) is 0 Å². The molecule has 204 valence electrons. The van der Waals surface area contributed by atoms with Crippen molar-refractivity contribution in [2.24, 2.45) is 11.8 Å². The number of carbonyl (C=O) groups is 3. The highest BCUT2D eigenvalue weighted by Crippen LogP contribution is 2.49. The highest BCUT2D eigenvalue weighted by molar-refractivity contribution is 6.23. The van der Waals surface area contributed by atoms with Crippen molar-refractivity contribution >= 4 is 23.5 Å². The van der Waals surface area contributed by atoms with Crippen LogP contribution in [-0.2, 0) is 39.9 Å². The Bertz CT molecular complexity index is 1320. The van der Waals surface area contributed by atoms with Gasteiger partial charge < -0.3 is 18.9 Å². The van der Waals surface area contributed by atoms with Gasteiger partial charge in [0.05, 0.1) is 30.2 Å². The van der Waals surface area contributed by atoms with Crippen molar-refractivity contribution in [2.45, 2.75) is 64.5 Å². The highest BCUT2D eigenvalue weighted by Gasteiger charge is 2.66. The van der Waals surface area contributed by atoms with Gasteiger partial charge in [0.15, 0.2) is 5.79 Å². The summed E-state index contributed by atoms with van der Waals surface area (Å²) in [5.41, 5.74) is 2.42. The number of likely N-dealkylation sites (tertiary alicyclic amines) is 1. The zero-order valence-electron chi connectivity index (χ0n) is 22.4. The van der Waals surface area contributed by atoms with Gasteiger partial charge in [-0.3, -0.25) is 19.3 Å². The summed E-state index contributed by atoms with van der Waals surface area (Å²) in [5, 5.41) is 0. The Morgan fingerprint density at radius 2 is 1.67 bits per heavy atom. The quantitative estimate of drug-likeness (QED) is 0.413. The van der Waals surface area contributed by atoms with Crippen LogP contribution in [0, 0.1) is 18.8 Å². The molecule has 0 saturated carbocycles. The zero-order chi connectivity index (χ0) is 27.5. The van der Waals surface area contributed by atoms with Crippen LogP contribution in [0.3, 0.4) is 0 Å². The van der Waals surface area contributed by atoms with Crippen LogP contribution >= 0.6 is 0 Å². The third-order valence-electron chi connectivity index (χ3n) is 7.78. The second-order valence-corrected chi connectivity index (χ2v) is 10.9. The SMILES string of the molecule is CCOC(=O)[C@H]1C2C(=O)N(c3ccc(C)cc3)C(=O)C2[C@H](C2=C[C@H]3OC(C)(C)O[C@H]3O2)N1Cc1ccccc1. The largest absolute Gasteiger partial charge is 0.465 e. The fourth-order valence-electron chi connectivity index (χ4n) is 6.22. The van der Waals surface area contributed by atoms with Crippen molar-refractivity contribution in [2.75, 3.05) is 11.5 Å². The van der Waals surface area contributed by atoms with Gasteiger partial charge in [-0.25, -0.2) is 4.90 Å². The summed E-state index contributed by atoms with van der Waals surface area (Å²) in [6.07, 6.45) is 0.682. The predicted octanol–water partition coefficient (Wildman–Crippen LogP) is 3.31. The average molecular weight is 533 g/mol. The van der Waals surface area contributed by atoms with E-state index in [1.807, 2.05) is 74.2 Å². The Morgan fingerprint density at radius 1 is 0.974 bits per heavy atom. The molecule has 0 radical (unpaired) electrons. The van der Waals surface area contributed by atoms with E-state index in [0.717, 1.165) is 11.1 Å². The Labute approximate surface area is 227 Å². The molecule has 6 rings (SSSR count). The van der Waals surface area contributed by atoms with Crippen LogP contribution in [0.1, 0.15) is 31.9 Å². The molecule has 2 aromatic carbocycles. The maximum absolute atomic E-state index is 14.1. The summed E-state index contributed by atoms with van der Waals surface area (Å²) in [4.78, 5) is 44.7. The third kappa shape index (κ3) is 4.34. The van der Waals surface area contributed by atoms with Crippen molar-refractivity contribution in [3.63, 3.8) is 0 Å². The van der Waals surface area contributed by atoms with Crippen LogP contribution in [0.4, 0.5) is 5.69 Å². The number of imide groups is 1. The summed E-state index contributed by atoms with van der Waals surface area (Å²) in [5.74, 6) is -3.46. The minimum atomic E-state index is -0.977. The van der Waals surface area contributed by atoms with Gasteiger partial charge >= 0.3 is 5.97 Å². The summed E-state index contributed by atoms with van der Waals surface area (Å²) in [6, 6.07) is 15.2. The molecule has 9 nitrogen and oxygen atoms in total. The number of nitrogens with zero attached hydrogens (tertiary/aromatic N) is 2. The normalized spacial score (nSPS) is 31.2. The van der Waals surface area contributed by atoms with E-state index in [1.165, 1.54) is 4.90 Å². The van der Waals surface area contributed by atoms with Crippen molar-refractivity contribution < 1.29 is 33.3 Å². The Hall–Kier alpha value is -3.53.